The van der Waals surface area contributed by atoms with Crippen molar-refractivity contribution in [1.82, 2.24) is 14.3 Å². The number of aryl methyl sites for hydroxylation is 2. The quantitative estimate of drug-likeness (QED) is 0.730. The van der Waals surface area contributed by atoms with Crippen LogP contribution in [-0.2, 0) is 7.05 Å². The van der Waals surface area contributed by atoms with Crippen LogP contribution in [0.1, 0.15) is 35.9 Å². The first-order valence-corrected chi connectivity index (χ1v) is 7.98. The highest BCUT2D eigenvalue weighted by atomic mass is 32.1. The summed E-state index contributed by atoms with van der Waals surface area (Å²) in [7, 11) is 1.94. The van der Waals surface area contributed by atoms with Gasteiger partial charge >= 0.3 is 0 Å². The molecule has 0 saturated heterocycles. The summed E-state index contributed by atoms with van der Waals surface area (Å²) in [5.41, 5.74) is 2.67. The molecule has 0 saturated carbocycles. The first-order valence-electron chi connectivity index (χ1n) is 7.16. The number of hydrogen-bond donors (Lipinski definition) is 0. The number of para-hydroxylation sites is 1. The topological polar surface area (TPSA) is 52.2 Å². The van der Waals surface area contributed by atoms with Crippen LogP contribution in [0.25, 0.3) is 10.2 Å². The number of aromatic nitrogens is 3. The lowest BCUT2D eigenvalue weighted by atomic mass is 10.2. The highest BCUT2D eigenvalue weighted by molar-refractivity contribution is 7.16. The van der Waals surface area contributed by atoms with Gasteiger partial charge in [0.1, 0.15) is 0 Å². The van der Waals surface area contributed by atoms with Crippen LogP contribution in [0, 0.1) is 6.92 Å². The summed E-state index contributed by atoms with van der Waals surface area (Å²) in [6.07, 6.45) is 1.81. The smallest absolute Gasteiger partial charge is 0.300 e. The van der Waals surface area contributed by atoms with E-state index in [4.69, 9.17) is 0 Å². The van der Waals surface area contributed by atoms with Gasteiger partial charge in [-0.05, 0) is 38.5 Å². The molecule has 1 aromatic carbocycles. The first-order chi connectivity index (χ1) is 10.5. The summed E-state index contributed by atoms with van der Waals surface area (Å²) >= 11 is 1.52. The maximum atomic E-state index is 12.3. The predicted octanol–water partition coefficient (Wildman–Crippen LogP) is 3.07. The second-order valence-electron chi connectivity index (χ2n) is 5.56. The van der Waals surface area contributed by atoms with Crippen LogP contribution in [0.2, 0.25) is 0 Å². The maximum Gasteiger partial charge on any atom is 0.300 e. The van der Waals surface area contributed by atoms with Crippen molar-refractivity contribution in [2.75, 3.05) is 0 Å². The van der Waals surface area contributed by atoms with Gasteiger partial charge in [-0.1, -0.05) is 23.5 Å². The minimum Gasteiger partial charge on any atom is -0.319 e. The Hall–Kier alpha value is -2.21. The molecule has 5 nitrogen and oxygen atoms in total. The number of hydrogen-bond acceptors (Lipinski definition) is 3. The highest BCUT2D eigenvalue weighted by Crippen LogP contribution is 2.19. The van der Waals surface area contributed by atoms with Crippen molar-refractivity contribution in [1.29, 1.82) is 0 Å². The van der Waals surface area contributed by atoms with Gasteiger partial charge in [-0.15, -0.1) is 0 Å². The van der Waals surface area contributed by atoms with Crippen LogP contribution >= 0.6 is 11.3 Å². The SMILES string of the molecule is Cc1cccc2sc(=NC(=O)c3ccn(C(C)C)n3)n(C)c12. The van der Waals surface area contributed by atoms with Crippen molar-refractivity contribution in [2.24, 2.45) is 12.0 Å². The van der Waals surface area contributed by atoms with Gasteiger partial charge in [0.2, 0.25) is 0 Å². The van der Waals surface area contributed by atoms with E-state index in [9.17, 15) is 4.79 Å². The zero-order valence-corrected chi connectivity index (χ0v) is 13.9. The number of carbonyl (C=O) groups is 1. The molecule has 0 bridgehead atoms. The lowest BCUT2D eigenvalue weighted by Gasteiger charge is -2.02. The van der Waals surface area contributed by atoms with E-state index < -0.39 is 0 Å². The molecule has 0 radical (unpaired) electrons. The van der Waals surface area contributed by atoms with Crippen LogP contribution in [0.15, 0.2) is 35.5 Å². The van der Waals surface area contributed by atoms with Crippen LogP contribution in [0.4, 0.5) is 0 Å². The molecular formula is C16H18N4OS. The van der Waals surface area contributed by atoms with E-state index in [0.717, 1.165) is 10.2 Å². The van der Waals surface area contributed by atoms with Crippen LogP contribution in [-0.4, -0.2) is 20.3 Å². The van der Waals surface area contributed by atoms with Gasteiger partial charge in [0, 0.05) is 19.3 Å². The first kappa shape index (κ1) is 14.7. The third-order valence-electron chi connectivity index (χ3n) is 3.58. The zero-order valence-electron chi connectivity index (χ0n) is 13.1. The molecule has 0 aliphatic carbocycles. The molecule has 2 heterocycles. The van der Waals surface area contributed by atoms with E-state index in [0.29, 0.717) is 10.5 Å². The van der Waals surface area contributed by atoms with Crippen molar-refractivity contribution in [3.63, 3.8) is 0 Å². The summed E-state index contributed by atoms with van der Waals surface area (Å²) in [5, 5.41) is 4.28. The molecule has 3 rings (SSSR count). The van der Waals surface area contributed by atoms with Crippen molar-refractivity contribution < 1.29 is 4.79 Å². The Balaban J connectivity index is 2.06. The van der Waals surface area contributed by atoms with Gasteiger partial charge in [-0.3, -0.25) is 9.48 Å². The second kappa shape index (κ2) is 5.53. The molecule has 22 heavy (non-hydrogen) atoms. The third kappa shape index (κ3) is 2.50. The standard InChI is InChI=1S/C16H18N4OS/c1-10(2)20-9-8-12(18-20)15(21)17-16-19(4)14-11(3)6-5-7-13(14)22-16/h5-10H,1-4H3. The Morgan fingerprint density at radius 1 is 1.32 bits per heavy atom. The molecule has 0 fully saturated rings. The molecule has 0 aliphatic rings. The second-order valence-corrected chi connectivity index (χ2v) is 6.57. The Morgan fingerprint density at radius 2 is 2.09 bits per heavy atom. The van der Waals surface area contributed by atoms with E-state index >= 15 is 0 Å². The molecule has 2 aromatic heterocycles. The minimum absolute atomic E-state index is 0.227. The van der Waals surface area contributed by atoms with Crippen molar-refractivity contribution >= 4 is 27.5 Å². The zero-order chi connectivity index (χ0) is 15.9. The molecule has 3 aromatic rings. The van der Waals surface area contributed by atoms with E-state index in [1.165, 1.54) is 16.9 Å². The lowest BCUT2D eigenvalue weighted by molar-refractivity contribution is 0.0992. The highest BCUT2D eigenvalue weighted by Gasteiger charge is 2.11. The normalized spacial score (nSPS) is 12.5. The largest absolute Gasteiger partial charge is 0.319 e. The number of fused-ring (bicyclic) bond motifs is 1. The van der Waals surface area contributed by atoms with Gasteiger partial charge in [-0.2, -0.15) is 10.1 Å². The summed E-state index contributed by atoms with van der Waals surface area (Å²) in [6.45, 7) is 6.10. The molecule has 0 atom stereocenters. The fourth-order valence-electron chi connectivity index (χ4n) is 2.39. The summed E-state index contributed by atoms with van der Waals surface area (Å²) in [6, 6.07) is 8.06. The molecule has 0 N–H and O–H groups in total. The van der Waals surface area contributed by atoms with Crippen LogP contribution in [0.3, 0.4) is 0 Å². The van der Waals surface area contributed by atoms with Gasteiger partial charge in [0.25, 0.3) is 5.91 Å². The average molecular weight is 314 g/mol. The number of amides is 1. The van der Waals surface area contributed by atoms with E-state index in [1.54, 1.807) is 10.7 Å². The van der Waals surface area contributed by atoms with Crippen LogP contribution < -0.4 is 4.80 Å². The fraction of sp³-hybridized carbons (Fsp3) is 0.312. The summed E-state index contributed by atoms with van der Waals surface area (Å²) < 4.78 is 4.85. The molecular weight excluding hydrogens is 296 g/mol. The number of nitrogens with zero attached hydrogens (tertiary/aromatic N) is 4. The van der Waals surface area contributed by atoms with Crippen LogP contribution in [0.5, 0.6) is 0 Å². The Labute approximate surface area is 132 Å². The van der Waals surface area contributed by atoms with E-state index in [1.807, 2.05) is 43.8 Å². The van der Waals surface area contributed by atoms with Gasteiger partial charge in [-0.25, -0.2) is 0 Å². The van der Waals surface area contributed by atoms with Crippen molar-refractivity contribution in [3.05, 3.63) is 46.5 Å². The van der Waals surface area contributed by atoms with E-state index in [2.05, 4.69) is 23.1 Å². The minimum atomic E-state index is -0.306. The molecule has 0 aliphatic heterocycles. The van der Waals surface area contributed by atoms with Gasteiger partial charge in [0.05, 0.1) is 10.2 Å². The number of thiazole rings is 1. The molecule has 1 amide bonds. The Bertz CT molecular complexity index is 914. The average Bonchev–Trinajstić information content (AvgIpc) is 3.06. The van der Waals surface area contributed by atoms with Crippen molar-refractivity contribution in [3.8, 4) is 0 Å². The number of carbonyl (C=O) groups excluding carboxylic acids is 1. The summed E-state index contributed by atoms with van der Waals surface area (Å²) in [4.78, 5) is 17.2. The van der Waals surface area contributed by atoms with Gasteiger partial charge in [0.15, 0.2) is 10.5 Å². The molecule has 0 unspecified atom stereocenters. The predicted molar refractivity (Wildman–Crippen MR) is 88.0 cm³/mol. The fourth-order valence-corrected chi connectivity index (χ4v) is 3.48. The Morgan fingerprint density at radius 3 is 2.73 bits per heavy atom. The monoisotopic (exact) mass is 314 g/mol. The number of rotatable bonds is 2. The molecule has 114 valence electrons. The van der Waals surface area contributed by atoms with Crippen molar-refractivity contribution in [2.45, 2.75) is 26.8 Å². The molecule has 6 heteroatoms. The number of benzene rings is 1. The lowest BCUT2D eigenvalue weighted by Crippen LogP contribution is -2.14. The molecule has 0 spiro atoms. The maximum absolute atomic E-state index is 12.3. The summed E-state index contributed by atoms with van der Waals surface area (Å²) in [5.74, 6) is -0.306. The third-order valence-corrected chi connectivity index (χ3v) is 4.68. The van der Waals surface area contributed by atoms with Gasteiger partial charge < -0.3 is 4.57 Å². The Kier molecular flexibility index (Phi) is 3.70. The van der Waals surface area contributed by atoms with E-state index in [-0.39, 0.29) is 11.9 Å².